The molecule has 2 fully saturated rings. The lowest BCUT2D eigenvalue weighted by Crippen LogP contribution is -2.57. The van der Waals surface area contributed by atoms with Crippen LogP contribution in [0.15, 0.2) is 23.9 Å². The van der Waals surface area contributed by atoms with Crippen molar-refractivity contribution in [2.75, 3.05) is 18.1 Å². The second-order valence-corrected chi connectivity index (χ2v) is 11.2. The normalized spacial score (nSPS) is 29.0. The Labute approximate surface area is 231 Å². The number of nitrogens with one attached hydrogen (secondary N) is 4. The molecule has 3 amide bonds. The molecule has 2 heterocycles. The molecule has 2 aliphatic rings. The average molecular weight is 557 g/mol. The molecule has 11 heteroatoms. The van der Waals surface area contributed by atoms with Crippen molar-refractivity contribution in [3.05, 3.63) is 23.9 Å². The number of thioether (sulfide) groups is 1. The third-order valence-electron chi connectivity index (χ3n) is 5.59. The summed E-state index contributed by atoms with van der Waals surface area (Å²) >= 11 is 5.66. The lowest BCUT2D eigenvalue weighted by Gasteiger charge is -2.27. The molecule has 9 nitrogen and oxygen atoms in total. The number of carbonyl (C=O) groups is 4. The van der Waals surface area contributed by atoms with Crippen molar-refractivity contribution < 1.29 is 23.9 Å². The SMILES string of the molecule is C/C=C1/CNC(=O)C[C@H](/C=C/CCS)OC(=O)C(C(C)C)NC(=O)C2NC(=O)[C@@H](CSC2C)N1.CCC. The number of amides is 3. The highest BCUT2D eigenvalue weighted by atomic mass is 32.2. The van der Waals surface area contributed by atoms with E-state index >= 15 is 0 Å². The van der Waals surface area contributed by atoms with E-state index in [0.29, 0.717) is 23.6 Å². The minimum Gasteiger partial charge on any atom is -0.456 e. The molecule has 4 N–H and O–H groups in total. The Bertz CT molecular complexity index is 834. The molecular weight excluding hydrogens is 512 g/mol. The van der Waals surface area contributed by atoms with Gasteiger partial charge in [-0.1, -0.05) is 53.2 Å². The zero-order valence-corrected chi connectivity index (χ0v) is 24.5. The lowest BCUT2D eigenvalue weighted by molar-refractivity contribution is -0.153. The standard InChI is InChI=1S/C23H36N4O5S2.C3H8/c1-5-15-11-24-18(28)10-16(8-6-7-9-33)32-23(31)19(13(2)3)26-22(30)20-14(4)34-12-17(25-15)21(29)27-20;1-3-2/h5-6,8,13-14,16-17,19-20,25,33H,7,9-12H2,1-4H3,(H,24,28)(H,26,30)(H,27,29);3H2,1-2H3/b8-6+,15-5-;/t14?,16-,17+,19?,20?;/m0./s1. The van der Waals surface area contributed by atoms with Crippen molar-refractivity contribution in [2.45, 2.75) is 90.3 Å². The van der Waals surface area contributed by atoms with Crippen LogP contribution < -0.4 is 21.3 Å². The number of cyclic esters (lactones) is 1. The van der Waals surface area contributed by atoms with Gasteiger partial charge >= 0.3 is 5.97 Å². The molecule has 0 aromatic heterocycles. The number of carbonyl (C=O) groups excluding carboxylic acids is 4. The number of rotatable bonds is 4. The first kappa shape index (κ1) is 32.9. The Morgan fingerprint density at radius 3 is 2.38 bits per heavy atom. The molecule has 2 saturated heterocycles. The Morgan fingerprint density at radius 1 is 1.11 bits per heavy atom. The van der Waals surface area contributed by atoms with Crippen LogP contribution in [-0.2, 0) is 23.9 Å². The zero-order valence-electron chi connectivity index (χ0n) is 22.8. The summed E-state index contributed by atoms with van der Waals surface area (Å²) < 4.78 is 5.65. The van der Waals surface area contributed by atoms with Crippen molar-refractivity contribution in [1.82, 2.24) is 21.3 Å². The summed E-state index contributed by atoms with van der Waals surface area (Å²) in [6.45, 7) is 11.7. The van der Waals surface area contributed by atoms with Crippen LogP contribution in [0.2, 0.25) is 0 Å². The van der Waals surface area contributed by atoms with Crippen LogP contribution in [0.3, 0.4) is 0 Å². The maximum Gasteiger partial charge on any atom is 0.329 e. The van der Waals surface area contributed by atoms with Gasteiger partial charge in [-0.05, 0) is 31.1 Å². The summed E-state index contributed by atoms with van der Waals surface area (Å²) in [5, 5.41) is 11.4. The first-order chi connectivity index (χ1) is 17.6. The molecule has 210 valence electrons. The third-order valence-corrected chi connectivity index (χ3v) is 7.18. The van der Waals surface area contributed by atoms with E-state index in [0.717, 1.165) is 0 Å². The van der Waals surface area contributed by atoms with Crippen LogP contribution in [0, 0.1) is 5.92 Å². The molecule has 2 aliphatic heterocycles. The van der Waals surface area contributed by atoms with Gasteiger partial charge in [-0.2, -0.15) is 24.4 Å². The summed E-state index contributed by atoms with van der Waals surface area (Å²) in [4.78, 5) is 51.6. The molecule has 0 aromatic rings. The Morgan fingerprint density at radius 2 is 1.78 bits per heavy atom. The van der Waals surface area contributed by atoms with E-state index in [-0.39, 0.29) is 35.9 Å². The van der Waals surface area contributed by atoms with Gasteiger partial charge < -0.3 is 26.0 Å². The number of thiol groups is 1. The number of hydrogen-bond donors (Lipinski definition) is 5. The molecule has 3 unspecified atom stereocenters. The molecular formula is C26H44N4O5S2. The van der Waals surface area contributed by atoms with E-state index in [1.54, 1.807) is 26.0 Å². The average Bonchev–Trinajstić information content (AvgIpc) is 2.97. The fourth-order valence-electron chi connectivity index (χ4n) is 3.52. The molecule has 0 saturated carbocycles. The van der Waals surface area contributed by atoms with E-state index in [4.69, 9.17) is 4.74 Å². The van der Waals surface area contributed by atoms with Crippen LogP contribution in [-0.4, -0.2) is 71.2 Å². The van der Waals surface area contributed by atoms with Crippen molar-refractivity contribution in [3.8, 4) is 0 Å². The van der Waals surface area contributed by atoms with Crippen molar-refractivity contribution in [1.29, 1.82) is 0 Å². The first-order valence-electron chi connectivity index (χ1n) is 13.0. The smallest absolute Gasteiger partial charge is 0.329 e. The fourth-order valence-corrected chi connectivity index (χ4v) is 4.78. The van der Waals surface area contributed by atoms with Gasteiger partial charge in [-0.25, -0.2) is 4.79 Å². The van der Waals surface area contributed by atoms with E-state index < -0.39 is 36.1 Å². The van der Waals surface area contributed by atoms with Gasteiger partial charge in [-0.3, -0.25) is 14.4 Å². The largest absolute Gasteiger partial charge is 0.456 e. The number of ether oxygens (including phenoxy) is 1. The topological polar surface area (TPSA) is 126 Å². The van der Waals surface area contributed by atoms with Gasteiger partial charge in [0.05, 0.1) is 13.0 Å². The Balaban J connectivity index is 0.00000217. The second-order valence-electron chi connectivity index (χ2n) is 9.37. The Kier molecular flexibility index (Phi) is 15.5. The van der Waals surface area contributed by atoms with Gasteiger partial charge in [-0.15, -0.1) is 0 Å². The first-order valence-corrected chi connectivity index (χ1v) is 14.6. The highest BCUT2D eigenvalue weighted by molar-refractivity contribution is 8.00. The summed E-state index contributed by atoms with van der Waals surface area (Å²) in [6, 6.07) is -2.29. The van der Waals surface area contributed by atoms with Gasteiger partial charge in [0, 0.05) is 16.7 Å². The quantitative estimate of drug-likeness (QED) is 0.204. The van der Waals surface area contributed by atoms with Crippen LogP contribution in [0.4, 0.5) is 0 Å². The minimum absolute atomic E-state index is 0.0655. The molecule has 0 aliphatic carbocycles. The third kappa shape index (κ3) is 11.4. The highest BCUT2D eigenvalue weighted by Gasteiger charge is 2.37. The minimum atomic E-state index is -0.926. The monoisotopic (exact) mass is 556 g/mol. The van der Waals surface area contributed by atoms with Crippen LogP contribution in [0.25, 0.3) is 0 Å². The van der Waals surface area contributed by atoms with Crippen molar-refractivity contribution in [2.24, 2.45) is 5.92 Å². The zero-order chi connectivity index (χ0) is 28.0. The van der Waals surface area contributed by atoms with Crippen LogP contribution >= 0.6 is 24.4 Å². The van der Waals surface area contributed by atoms with E-state index in [9.17, 15) is 19.2 Å². The Hall–Kier alpha value is -2.14. The second kappa shape index (κ2) is 17.4. The number of allylic oxidation sites excluding steroid dienone is 2. The number of fused-ring (bicyclic) bond motifs is 3. The number of esters is 1. The maximum absolute atomic E-state index is 13.1. The highest BCUT2D eigenvalue weighted by Crippen LogP contribution is 2.21. The molecule has 37 heavy (non-hydrogen) atoms. The van der Waals surface area contributed by atoms with Gasteiger partial charge in [0.2, 0.25) is 17.7 Å². The van der Waals surface area contributed by atoms with Crippen LogP contribution in [0.1, 0.15) is 60.8 Å². The molecule has 5 atom stereocenters. The maximum atomic E-state index is 13.1. The van der Waals surface area contributed by atoms with E-state index in [1.807, 2.05) is 19.9 Å². The molecule has 0 aromatic carbocycles. The van der Waals surface area contributed by atoms with Crippen molar-refractivity contribution >= 4 is 48.1 Å². The number of hydrogen-bond acceptors (Lipinski definition) is 8. The summed E-state index contributed by atoms with van der Waals surface area (Å²) in [7, 11) is 0. The van der Waals surface area contributed by atoms with Crippen LogP contribution in [0.5, 0.6) is 0 Å². The molecule has 2 rings (SSSR count). The van der Waals surface area contributed by atoms with E-state index in [1.165, 1.54) is 18.2 Å². The molecule has 2 bridgehead atoms. The predicted octanol–water partition coefficient (Wildman–Crippen LogP) is 2.33. The van der Waals surface area contributed by atoms with Gasteiger partial charge in [0.15, 0.2) is 0 Å². The van der Waals surface area contributed by atoms with Gasteiger partial charge in [0.1, 0.15) is 24.2 Å². The summed E-state index contributed by atoms with van der Waals surface area (Å²) in [5.74, 6) is -0.874. The lowest BCUT2D eigenvalue weighted by atomic mass is 10.0. The predicted molar refractivity (Wildman–Crippen MR) is 152 cm³/mol. The molecule has 0 spiro atoms. The van der Waals surface area contributed by atoms with Gasteiger partial charge in [0.25, 0.3) is 0 Å². The van der Waals surface area contributed by atoms with E-state index in [2.05, 4.69) is 47.7 Å². The summed E-state index contributed by atoms with van der Waals surface area (Å²) in [5.41, 5.74) is 0.677. The molecule has 0 radical (unpaired) electrons. The fraction of sp³-hybridized carbons (Fsp3) is 0.692. The van der Waals surface area contributed by atoms with Crippen molar-refractivity contribution in [3.63, 3.8) is 0 Å². The summed E-state index contributed by atoms with van der Waals surface area (Å²) in [6.07, 6.45) is 6.34.